The van der Waals surface area contributed by atoms with Crippen LogP contribution in [-0.4, -0.2) is 143 Å². The number of rotatable bonds is 54. The van der Waals surface area contributed by atoms with Crippen LogP contribution in [0.2, 0.25) is 0 Å². The number of nitrogens with two attached hydrogens (primary N) is 6. The third kappa shape index (κ3) is 39.6. The number of nitrogens with one attached hydrogen (secondary N) is 5. The van der Waals surface area contributed by atoms with Crippen molar-refractivity contribution in [1.82, 2.24) is 26.6 Å². The van der Waals surface area contributed by atoms with Crippen molar-refractivity contribution in [2.45, 2.75) is 200 Å². The van der Waals surface area contributed by atoms with Crippen molar-refractivity contribution in [2.75, 3.05) is 26.2 Å². The van der Waals surface area contributed by atoms with Crippen LogP contribution in [0, 0.1) is 51.4 Å². The van der Waals surface area contributed by atoms with E-state index in [2.05, 4.69) is 36.6 Å². The number of amides is 7. The third-order valence-corrected chi connectivity index (χ3v) is 22.2. The van der Waals surface area contributed by atoms with Gasteiger partial charge in [0.25, 0.3) is 0 Å². The van der Waals surface area contributed by atoms with Gasteiger partial charge in [0.15, 0.2) is 23.3 Å². The van der Waals surface area contributed by atoms with E-state index in [9.17, 15) is 67.7 Å². The maximum Gasteiger partial charge on any atom is 0.412 e. The predicted molar refractivity (Wildman–Crippen MR) is 503 cm³/mol. The minimum absolute atomic E-state index is 0.00242. The van der Waals surface area contributed by atoms with Gasteiger partial charge in [-0.15, -0.1) is 0 Å². The summed E-state index contributed by atoms with van der Waals surface area (Å²) >= 11 is 0. The number of hydrogen-bond donors (Lipinski definition) is 13. The molecule has 8 aromatic rings. The van der Waals surface area contributed by atoms with Crippen LogP contribution in [0.3, 0.4) is 0 Å². The molecule has 0 saturated carbocycles. The van der Waals surface area contributed by atoms with Gasteiger partial charge in [-0.2, -0.15) is 0 Å². The summed E-state index contributed by atoms with van der Waals surface area (Å²) in [5.41, 5.74) is 43.1. The lowest BCUT2D eigenvalue weighted by atomic mass is 9.86. The predicted octanol–water partition coefficient (Wildman–Crippen LogP) is 11.0. The highest BCUT2D eigenvalue weighted by Crippen LogP contribution is 2.29. The molecule has 704 valence electrons. The molecule has 0 aromatic heterocycles. The van der Waals surface area contributed by atoms with Crippen LogP contribution in [0.15, 0.2) is 216 Å². The van der Waals surface area contributed by atoms with Crippen LogP contribution in [0.4, 0.5) is 14.4 Å². The molecule has 31 nitrogen and oxygen atoms in total. The second-order valence-electron chi connectivity index (χ2n) is 32.9. The molecule has 0 bridgehead atoms. The molecule has 0 aliphatic rings. The van der Waals surface area contributed by atoms with Gasteiger partial charge in [0, 0.05) is 69.0 Å². The number of carbonyl (C=O) groups excluding carboxylic acids is 12. The Hall–Kier alpha value is -13.9. The van der Waals surface area contributed by atoms with Crippen molar-refractivity contribution >= 4 is 82.8 Å². The number of phenolic OH excluding ortho intramolecular Hbond substituents is 2. The van der Waals surface area contributed by atoms with Gasteiger partial charge in [-0.1, -0.05) is 182 Å². The SMILES string of the molecule is Cc1cc(O)cc(C)c1CC(CC(=O)[C@@H](CCCN=C(CC(=O)OCc1ccccc1)NC(=O)OCc1ccccc1)NC(=O)OCc1ccccc1)C(=O)N[C@@H](CCCCNC(=O)OCc1ccccc1)C(=O)C[C@@H](Cc1ccccc1)C(N)=O.Cc1cc(O)cc(C)c1CC(CC(=O)[C@H](N)CCCN=C(N)N)C(=O)N[C@@H](CCCCN)C(=O)C[C@@H](Cc1ccccc1)C(N)=O. The first-order valence-corrected chi connectivity index (χ1v) is 44.5. The maximum absolute atomic E-state index is 15.0. The first kappa shape index (κ1) is 105. The molecular weight excluding hydrogens is 1680 g/mol. The first-order chi connectivity index (χ1) is 63.4. The minimum Gasteiger partial charge on any atom is -0.508 e. The zero-order valence-electron chi connectivity index (χ0n) is 75.6. The summed E-state index contributed by atoms with van der Waals surface area (Å²) in [7, 11) is 0. The number of aryl methyl sites for hydroxylation is 4. The summed E-state index contributed by atoms with van der Waals surface area (Å²) in [4.78, 5) is 171. The highest BCUT2D eigenvalue weighted by molar-refractivity contribution is 6.04. The molecule has 0 radical (unpaired) electrons. The molecule has 0 saturated heterocycles. The summed E-state index contributed by atoms with van der Waals surface area (Å²) in [6.45, 7) is 7.89. The summed E-state index contributed by atoms with van der Waals surface area (Å²) in [6, 6.07) is 56.6. The number of ether oxygens (including phenoxy) is 4. The number of phenols is 2. The molecule has 0 fully saturated rings. The molecule has 8 aromatic carbocycles. The largest absolute Gasteiger partial charge is 0.508 e. The number of unbranched alkanes of at least 4 members (excludes halogenated alkanes) is 2. The zero-order valence-corrected chi connectivity index (χ0v) is 75.6. The van der Waals surface area contributed by atoms with Crippen molar-refractivity contribution in [3.63, 3.8) is 0 Å². The summed E-state index contributed by atoms with van der Waals surface area (Å²) in [5.74, 6) is -8.50. The number of carbonyl (C=O) groups is 12. The highest BCUT2D eigenvalue weighted by Gasteiger charge is 2.35. The van der Waals surface area contributed by atoms with Crippen LogP contribution in [0.1, 0.15) is 163 Å². The van der Waals surface area contributed by atoms with Crippen LogP contribution in [0.5, 0.6) is 11.5 Å². The quantitative estimate of drug-likeness (QED) is 0.00553. The van der Waals surface area contributed by atoms with E-state index < -0.39 is 120 Å². The van der Waals surface area contributed by atoms with Crippen LogP contribution in [0.25, 0.3) is 0 Å². The summed E-state index contributed by atoms with van der Waals surface area (Å²) in [6.07, 6.45) is -0.0997. The van der Waals surface area contributed by atoms with E-state index in [0.29, 0.717) is 86.7 Å². The Balaban J connectivity index is 0.000000436. The van der Waals surface area contributed by atoms with Crippen molar-refractivity contribution in [2.24, 2.45) is 68.1 Å². The normalized spacial score (nSPS) is 12.9. The molecule has 0 spiro atoms. The molecule has 0 aliphatic heterocycles. The molecular formula is C101H127N13O18. The topological polar surface area (TPSA) is 523 Å². The molecule has 2 unspecified atom stereocenters. The lowest BCUT2D eigenvalue weighted by Crippen LogP contribution is -2.47. The molecule has 0 heterocycles. The Kier molecular flexibility index (Phi) is 45.5. The Morgan fingerprint density at radius 3 is 1.11 bits per heavy atom. The molecule has 7 amide bonds. The van der Waals surface area contributed by atoms with Gasteiger partial charge in [0.05, 0.1) is 24.2 Å². The van der Waals surface area contributed by atoms with Gasteiger partial charge >= 0.3 is 24.2 Å². The van der Waals surface area contributed by atoms with E-state index >= 15 is 0 Å². The molecule has 0 aliphatic carbocycles. The number of guanidine groups is 1. The van der Waals surface area contributed by atoms with Crippen molar-refractivity contribution in [3.05, 3.63) is 273 Å². The van der Waals surface area contributed by atoms with Crippen molar-refractivity contribution in [3.8, 4) is 11.5 Å². The Bertz CT molecular complexity index is 5000. The van der Waals surface area contributed by atoms with E-state index in [1.807, 2.05) is 123 Å². The number of aromatic hydroxyl groups is 2. The number of esters is 1. The maximum atomic E-state index is 15.0. The van der Waals surface area contributed by atoms with Crippen molar-refractivity contribution in [1.29, 1.82) is 0 Å². The second-order valence-corrected chi connectivity index (χ2v) is 32.9. The number of amidine groups is 1. The number of nitrogens with zero attached hydrogens (tertiary/aromatic N) is 2. The molecule has 132 heavy (non-hydrogen) atoms. The minimum atomic E-state index is -1.27. The molecule has 19 N–H and O–H groups in total. The number of benzene rings is 8. The standard InChI is InChI=1S/C67H76N6O13.C34H51N7O5/c1-46-35-55(74)36-47(2)56(46)38-54(64(79)71-57(59(75)39-53(63(68)78)37-48-21-8-3-9-22-48)31-18-19-33-70-65(80)84-43-50-25-12-5-13-26-50)40-60(76)58(72-66(81)85-44-51-27-14-6-15-28-51)32-20-34-69-61(41-62(77)83-42-49-23-10-4-11-24-49)73-67(82)86-45-52-29-16-7-17-30-52;1-21-15-26(42)16-22(2)27(21)18-25(20-30(43)28(36)11-8-14-40-34(38)39)33(46)41-29(12-6-7-13-35)31(44)19-24(32(37)45)17-23-9-4-3-5-10-23/h3-17,21-30,35-36,53-54,57-58,74H,18-20,31-34,37-45H2,1-2H3,(H2,68,78)(H,70,80)(H,71,79)(H,72,81)(H,69,73,82);3-5,9-10,15-16,24-25,28-29,42H,6-8,11-14,17-20,35-36H2,1-2H3,(H2,37,45)(H,41,46)(H4,38,39,40)/t53-,54?,57+,58-;24-,25?,28-,29+/m11/s1. The molecule has 31 heteroatoms. The van der Waals surface area contributed by atoms with E-state index in [1.54, 1.807) is 98.8 Å². The van der Waals surface area contributed by atoms with Gasteiger partial charge in [-0.3, -0.25) is 58.5 Å². The van der Waals surface area contributed by atoms with Gasteiger partial charge in [0.2, 0.25) is 23.6 Å². The van der Waals surface area contributed by atoms with E-state index in [4.69, 9.17) is 53.3 Å². The number of primary amides is 2. The van der Waals surface area contributed by atoms with E-state index in [0.717, 1.165) is 44.5 Å². The Labute approximate surface area is 771 Å². The monoisotopic (exact) mass is 1810 g/mol. The summed E-state index contributed by atoms with van der Waals surface area (Å²) < 4.78 is 21.8. The number of ketones is 4. The van der Waals surface area contributed by atoms with Crippen LogP contribution >= 0.6 is 0 Å². The second kappa shape index (κ2) is 57.2. The number of alkyl carbamates (subject to hydrolysis) is 3. The van der Waals surface area contributed by atoms with Crippen LogP contribution in [-0.2, 0) is 114 Å². The summed E-state index contributed by atoms with van der Waals surface area (Å²) in [5, 5.41) is 34.3. The fourth-order valence-corrected chi connectivity index (χ4v) is 15.0. The highest BCUT2D eigenvalue weighted by atomic mass is 16.6. The van der Waals surface area contributed by atoms with E-state index in [1.165, 1.54) is 12.1 Å². The first-order valence-electron chi connectivity index (χ1n) is 44.5. The van der Waals surface area contributed by atoms with Crippen molar-refractivity contribution < 1.29 is 86.7 Å². The average molecular weight is 1810 g/mol. The Morgan fingerprint density at radius 1 is 0.371 bits per heavy atom. The molecule has 8 rings (SSSR count). The van der Waals surface area contributed by atoms with Gasteiger partial charge < -0.3 is 84.8 Å². The lowest BCUT2D eigenvalue weighted by Gasteiger charge is -2.26. The third-order valence-electron chi connectivity index (χ3n) is 22.2. The van der Waals surface area contributed by atoms with E-state index in [-0.39, 0.29) is 132 Å². The number of aliphatic imine (C=N–C) groups is 2. The number of Topliss-reactive ketones (excluding diaryl/α,β-unsaturated/α-hetero) is 4. The van der Waals surface area contributed by atoms with Gasteiger partial charge in [-0.05, 0) is 215 Å². The zero-order chi connectivity index (χ0) is 95.7. The fourth-order valence-electron chi connectivity index (χ4n) is 15.0. The van der Waals surface area contributed by atoms with Gasteiger partial charge in [0.1, 0.15) is 56.0 Å². The van der Waals surface area contributed by atoms with Crippen LogP contribution < -0.4 is 61.0 Å². The average Bonchev–Trinajstić information content (AvgIpc) is 0.838. The van der Waals surface area contributed by atoms with Gasteiger partial charge in [-0.25, -0.2) is 14.4 Å². The smallest absolute Gasteiger partial charge is 0.412 e. The molecule has 8 atom stereocenters. The lowest BCUT2D eigenvalue weighted by molar-refractivity contribution is -0.143. The fraction of sp³-hybridized carbons (Fsp3) is 0.386. The number of hydrogen-bond acceptors (Lipinski definition) is 22. The Morgan fingerprint density at radius 2 is 0.712 bits per heavy atom.